The van der Waals surface area contributed by atoms with Crippen molar-refractivity contribution in [1.82, 2.24) is 9.13 Å². The van der Waals surface area contributed by atoms with Crippen LogP contribution < -0.4 is 0 Å². The Morgan fingerprint density at radius 2 is 0.839 bits per heavy atom. The molecule has 6 nitrogen and oxygen atoms in total. The Bertz CT molecular complexity index is 3690. The second-order valence-electron chi connectivity index (χ2n) is 14.9. The SMILES string of the molecule is N#Cc1cc(-c2cc(-n3c4ccccc4c4ccc(-c5ccccc5C#N)cc43)c(-n3c4ccccc4c4ccc(-c5ccccc5C#N)cc43)cc2C#N)cc(C(F)(F)F)c1. The first kappa shape index (κ1) is 37.4. The zero-order valence-electron chi connectivity index (χ0n) is 32.4. The van der Waals surface area contributed by atoms with E-state index in [4.69, 9.17) is 0 Å². The summed E-state index contributed by atoms with van der Waals surface area (Å²) in [6.07, 6.45) is -4.76. The van der Waals surface area contributed by atoms with Crippen LogP contribution in [0.2, 0.25) is 0 Å². The summed E-state index contributed by atoms with van der Waals surface area (Å²) >= 11 is 0. The van der Waals surface area contributed by atoms with Gasteiger partial charge in [0.1, 0.15) is 0 Å². The van der Waals surface area contributed by atoms with E-state index < -0.39 is 11.7 Å². The van der Waals surface area contributed by atoms with E-state index in [1.54, 1.807) is 24.3 Å². The van der Waals surface area contributed by atoms with Crippen LogP contribution in [0.25, 0.3) is 88.4 Å². The molecule has 0 bridgehead atoms. The number of hydrogen-bond donors (Lipinski definition) is 0. The molecular formula is C53H27F3N6. The van der Waals surface area contributed by atoms with Crippen LogP contribution in [0.4, 0.5) is 13.2 Å². The molecule has 0 atom stereocenters. The molecule has 0 amide bonds. The standard InChI is InChI=1S/C53H27F3N6/c54-53(55,56)39-22-32(28-57)21-37(23-39)46-27-52(62-48-16-8-6-14-43(48)45-20-18-34(25-50(45)62)41-12-4-2-10-36(41)30-59)51(26-38(46)31-60)61-47-15-7-5-13-42(47)44-19-17-33(24-49(44)61)40-11-3-1-9-35(40)29-58/h1-27H. The lowest BCUT2D eigenvalue weighted by Crippen LogP contribution is -2.07. The van der Waals surface area contributed by atoms with E-state index in [1.165, 1.54) is 6.07 Å². The molecule has 0 aliphatic rings. The fourth-order valence-electron chi connectivity index (χ4n) is 8.74. The normalized spacial score (nSPS) is 11.4. The molecule has 0 radical (unpaired) electrons. The predicted octanol–water partition coefficient (Wildman–Crippen LogP) is 13.4. The van der Waals surface area contributed by atoms with Crippen molar-refractivity contribution in [3.8, 4) is 69.0 Å². The number of halogens is 3. The van der Waals surface area contributed by atoms with Crippen LogP contribution in [0.3, 0.4) is 0 Å². The fourth-order valence-corrected chi connectivity index (χ4v) is 8.74. The van der Waals surface area contributed by atoms with Crippen molar-refractivity contribution >= 4 is 43.6 Å². The Hall–Kier alpha value is -8.89. The summed E-state index contributed by atoms with van der Waals surface area (Å²) in [7, 11) is 0. The van der Waals surface area contributed by atoms with Crippen molar-refractivity contribution in [2.75, 3.05) is 0 Å². The number of fused-ring (bicyclic) bond motifs is 6. The van der Waals surface area contributed by atoms with Gasteiger partial charge in [-0.3, -0.25) is 0 Å². The van der Waals surface area contributed by atoms with Crippen LogP contribution in [0.5, 0.6) is 0 Å². The van der Waals surface area contributed by atoms with Crippen molar-refractivity contribution < 1.29 is 13.2 Å². The smallest absolute Gasteiger partial charge is 0.307 e. The number of rotatable bonds is 5. The van der Waals surface area contributed by atoms with Gasteiger partial charge in [0.25, 0.3) is 0 Å². The van der Waals surface area contributed by atoms with Crippen LogP contribution in [-0.4, -0.2) is 9.13 Å². The van der Waals surface area contributed by atoms with Crippen LogP contribution >= 0.6 is 0 Å². The Labute approximate surface area is 352 Å². The Kier molecular flexibility index (Phi) is 8.70. The summed E-state index contributed by atoms with van der Waals surface area (Å²) in [5.41, 5.74) is 7.40. The maximum absolute atomic E-state index is 14.4. The molecule has 0 aliphatic carbocycles. The van der Waals surface area contributed by atoms with E-state index in [2.05, 4.69) is 27.3 Å². The molecular weight excluding hydrogens is 778 g/mol. The molecule has 290 valence electrons. The highest BCUT2D eigenvalue weighted by Crippen LogP contribution is 2.43. The largest absolute Gasteiger partial charge is 0.416 e. The van der Waals surface area contributed by atoms with E-state index in [0.29, 0.717) is 22.5 Å². The van der Waals surface area contributed by atoms with Gasteiger partial charge in [-0.15, -0.1) is 0 Å². The first-order valence-electron chi connectivity index (χ1n) is 19.5. The van der Waals surface area contributed by atoms with Crippen molar-refractivity contribution in [2.45, 2.75) is 6.18 Å². The molecule has 10 rings (SSSR count). The Balaban J connectivity index is 1.38. The first-order valence-corrected chi connectivity index (χ1v) is 19.5. The lowest BCUT2D eigenvalue weighted by Gasteiger charge is -2.20. The quantitative estimate of drug-likeness (QED) is 0.173. The summed E-state index contributed by atoms with van der Waals surface area (Å²) in [6.45, 7) is 0. The van der Waals surface area contributed by atoms with Crippen LogP contribution in [-0.2, 0) is 6.18 Å². The third-order valence-electron chi connectivity index (χ3n) is 11.5. The van der Waals surface area contributed by atoms with Gasteiger partial charge < -0.3 is 9.13 Å². The third-order valence-corrected chi connectivity index (χ3v) is 11.5. The van der Waals surface area contributed by atoms with Gasteiger partial charge in [0.2, 0.25) is 0 Å². The van der Waals surface area contributed by atoms with Crippen molar-refractivity contribution in [3.05, 3.63) is 192 Å². The third kappa shape index (κ3) is 5.93. The number of nitrogens with zero attached hydrogens (tertiary/aromatic N) is 6. The Morgan fingerprint density at radius 1 is 0.371 bits per heavy atom. The zero-order valence-corrected chi connectivity index (χ0v) is 32.4. The van der Waals surface area contributed by atoms with E-state index in [0.717, 1.165) is 78.0 Å². The van der Waals surface area contributed by atoms with Gasteiger partial charge >= 0.3 is 6.18 Å². The summed E-state index contributed by atoms with van der Waals surface area (Å²) in [5.74, 6) is 0. The number of para-hydroxylation sites is 2. The number of hydrogen-bond acceptors (Lipinski definition) is 4. The molecule has 0 unspecified atom stereocenters. The minimum Gasteiger partial charge on any atom is -0.307 e. The molecule has 62 heavy (non-hydrogen) atoms. The second-order valence-corrected chi connectivity index (χ2v) is 14.9. The first-order chi connectivity index (χ1) is 30.2. The molecule has 2 heterocycles. The zero-order chi connectivity index (χ0) is 42.7. The van der Waals surface area contributed by atoms with E-state index in [-0.39, 0.29) is 22.3 Å². The molecule has 0 saturated heterocycles. The summed E-state index contributed by atoms with van der Waals surface area (Å²) < 4.78 is 47.3. The van der Waals surface area contributed by atoms with Gasteiger partial charge in [0.05, 0.1) is 85.5 Å². The highest BCUT2D eigenvalue weighted by Gasteiger charge is 2.32. The maximum Gasteiger partial charge on any atom is 0.416 e. The molecule has 10 aromatic rings. The van der Waals surface area contributed by atoms with Gasteiger partial charge in [0.15, 0.2) is 0 Å². The lowest BCUT2D eigenvalue weighted by molar-refractivity contribution is -0.137. The van der Waals surface area contributed by atoms with Crippen molar-refractivity contribution in [2.24, 2.45) is 0 Å². The molecule has 9 heteroatoms. The topological polar surface area (TPSA) is 105 Å². The van der Waals surface area contributed by atoms with Crippen LogP contribution in [0.15, 0.2) is 164 Å². The van der Waals surface area contributed by atoms with E-state index in [9.17, 15) is 34.2 Å². The average molecular weight is 805 g/mol. The lowest BCUT2D eigenvalue weighted by atomic mass is 9.94. The second kappa shape index (κ2) is 14.4. The van der Waals surface area contributed by atoms with Gasteiger partial charge in [-0.1, -0.05) is 97.1 Å². The maximum atomic E-state index is 14.4. The molecule has 0 aliphatic heterocycles. The average Bonchev–Trinajstić information content (AvgIpc) is 3.82. The Morgan fingerprint density at radius 3 is 1.34 bits per heavy atom. The minimum atomic E-state index is -4.76. The van der Waals surface area contributed by atoms with Crippen molar-refractivity contribution in [3.63, 3.8) is 0 Å². The molecule has 0 N–H and O–H groups in total. The summed E-state index contributed by atoms with van der Waals surface area (Å²) in [5, 5.41) is 44.6. The van der Waals surface area contributed by atoms with Gasteiger partial charge in [-0.2, -0.15) is 34.2 Å². The number of benzene rings is 8. The van der Waals surface area contributed by atoms with E-state index >= 15 is 0 Å². The predicted molar refractivity (Wildman–Crippen MR) is 235 cm³/mol. The molecule has 0 fully saturated rings. The van der Waals surface area contributed by atoms with Gasteiger partial charge in [-0.05, 0) is 94.5 Å². The number of aromatic nitrogens is 2. The number of nitriles is 4. The molecule has 2 aromatic heterocycles. The fraction of sp³-hybridized carbons (Fsp3) is 0.0189. The van der Waals surface area contributed by atoms with Crippen LogP contribution in [0.1, 0.15) is 27.8 Å². The molecule has 0 saturated carbocycles. The summed E-state index contributed by atoms with van der Waals surface area (Å²) in [4.78, 5) is 0. The molecule has 8 aromatic carbocycles. The summed E-state index contributed by atoms with van der Waals surface area (Å²) in [6, 6.07) is 57.7. The monoisotopic (exact) mass is 804 g/mol. The van der Waals surface area contributed by atoms with Crippen molar-refractivity contribution in [1.29, 1.82) is 21.0 Å². The van der Waals surface area contributed by atoms with Gasteiger partial charge in [-0.25, -0.2) is 0 Å². The highest BCUT2D eigenvalue weighted by atomic mass is 19.4. The molecule has 0 spiro atoms. The highest BCUT2D eigenvalue weighted by molar-refractivity contribution is 6.13. The number of alkyl halides is 3. The van der Waals surface area contributed by atoms with Gasteiger partial charge in [0, 0.05) is 27.1 Å². The van der Waals surface area contributed by atoms with Crippen LogP contribution in [0, 0.1) is 45.3 Å². The minimum absolute atomic E-state index is 0.0581. The van der Waals surface area contributed by atoms with E-state index in [1.807, 2.05) is 127 Å².